The van der Waals surface area contributed by atoms with Gasteiger partial charge in [-0.25, -0.2) is 4.39 Å². The first-order valence-corrected chi connectivity index (χ1v) is 5.73. The highest BCUT2D eigenvalue weighted by Gasteiger charge is 2.17. The van der Waals surface area contributed by atoms with Gasteiger partial charge in [-0.05, 0) is 43.1 Å². The summed E-state index contributed by atoms with van der Waals surface area (Å²) in [5.74, 6) is -0.326. The van der Waals surface area contributed by atoms with Gasteiger partial charge in [0.2, 0.25) is 0 Å². The summed E-state index contributed by atoms with van der Waals surface area (Å²) in [6, 6.07) is 6.71. The quantitative estimate of drug-likeness (QED) is 0.789. The zero-order valence-electron chi connectivity index (χ0n) is 9.76. The topological polar surface area (TPSA) is 35.8 Å². The van der Waals surface area contributed by atoms with Crippen LogP contribution in [0.5, 0.6) is 0 Å². The Morgan fingerprint density at radius 2 is 2.12 bits per heavy atom. The van der Waals surface area contributed by atoms with Crippen molar-refractivity contribution in [3.63, 3.8) is 0 Å². The van der Waals surface area contributed by atoms with E-state index in [4.69, 9.17) is 5.26 Å². The number of rotatable bonds is 1. The summed E-state index contributed by atoms with van der Waals surface area (Å²) in [5.41, 5.74) is 1.28. The molecule has 3 heteroatoms. The molecule has 1 saturated heterocycles. The van der Waals surface area contributed by atoms with Gasteiger partial charge < -0.3 is 5.32 Å². The Morgan fingerprint density at radius 1 is 1.38 bits per heavy atom. The number of nitriles is 1. The van der Waals surface area contributed by atoms with E-state index in [1.54, 1.807) is 6.07 Å². The van der Waals surface area contributed by atoms with Crippen LogP contribution in [0.15, 0.2) is 18.2 Å². The number of nitrogens with zero attached hydrogens (tertiary/aromatic N) is 1. The smallest absolute Gasteiger partial charge is 0.124 e. The number of hydrogen-bond donors (Lipinski definition) is 1. The van der Waals surface area contributed by atoms with Crippen molar-refractivity contribution in [3.05, 3.63) is 35.1 Å². The molecular formula is C13H17FN2. The Balaban J connectivity index is 0.000000606. The monoisotopic (exact) mass is 220 g/mol. The molecule has 0 spiro atoms. The van der Waals surface area contributed by atoms with Crippen LogP contribution in [0.3, 0.4) is 0 Å². The van der Waals surface area contributed by atoms with Crippen LogP contribution in [-0.4, -0.2) is 6.54 Å². The Morgan fingerprint density at radius 3 is 2.69 bits per heavy atom. The first-order chi connectivity index (χ1) is 7.79. The summed E-state index contributed by atoms with van der Waals surface area (Å²) in [7, 11) is 0. The largest absolute Gasteiger partial charge is 0.310 e. The second kappa shape index (κ2) is 6.24. The molecule has 2 rings (SSSR count). The van der Waals surface area contributed by atoms with Crippen LogP contribution in [0.2, 0.25) is 0 Å². The highest BCUT2D eigenvalue weighted by atomic mass is 19.1. The van der Waals surface area contributed by atoms with Crippen LogP contribution in [0.4, 0.5) is 4.39 Å². The minimum Gasteiger partial charge on any atom is -0.310 e. The van der Waals surface area contributed by atoms with Crippen molar-refractivity contribution >= 4 is 0 Å². The summed E-state index contributed by atoms with van der Waals surface area (Å²) < 4.78 is 13.1. The summed E-state index contributed by atoms with van der Waals surface area (Å²) in [5, 5.41) is 12.0. The molecule has 1 heterocycles. The van der Waals surface area contributed by atoms with Crippen LogP contribution in [-0.2, 0) is 0 Å². The summed E-state index contributed by atoms with van der Waals surface area (Å²) >= 11 is 0. The van der Waals surface area contributed by atoms with Gasteiger partial charge in [0, 0.05) is 6.04 Å². The maximum Gasteiger partial charge on any atom is 0.124 e. The van der Waals surface area contributed by atoms with E-state index < -0.39 is 0 Å². The first-order valence-electron chi connectivity index (χ1n) is 5.73. The molecule has 1 fully saturated rings. The molecule has 0 radical (unpaired) electrons. The fourth-order valence-electron chi connectivity index (χ4n) is 1.85. The van der Waals surface area contributed by atoms with E-state index >= 15 is 0 Å². The first kappa shape index (κ1) is 12.7. The lowest BCUT2D eigenvalue weighted by atomic mass is 10.0. The van der Waals surface area contributed by atoms with E-state index in [0.717, 1.165) is 24.9 Å². The normalized spacial score (nSPS) is 18.5. The Kier molecular flexibility index (Phi) is 4.94. The maximum atomic E-state index is 13.1. The highest BCUT2D eigenvalue weighted by Crippen LogP contribution is 2.24. The van der Waals surface area contributed by atoms with Crippen molar-refractivity contribution in [2.45, 2.75) is 32.7 Å². The number of nitrogens with one attached hydrogen (secondary N) is 1. The molecule has 1 N–H and O–H groups in total. The van der Waals surface area contributed by atoms with Gasteiger partial charge in [-0.3, -0.25) is 0 Å². The summed E-state index contributed by atoms with van der Waals surface area (Å²) in [6.45, 7) is 4.98. The predicted octanol–water partition coefficient (Wildman–Crippen LogP) is 3.15. The standard InChI is InChI=1S/C11H11FN2.C2H6/c12-10-5-8(7-13)4-9(6-10)11-2-1-3-14-11;1-2/h4-6,11,14H,1-3H2;1-2H3. The molecule has 1 aromatic rings. The molecule has 0 aliphatic carbocycles. The Hall–Kier alpha value is -1.40. The van der Waals surface area contributed by atoms with Crippen LogP contribution in [0.1, 0.15) is 43.9 Å². The molecule has 86 valence electrons. The molecule has 2 nitrogen and oxygen atoms in total. The number of benzene rings is 1. The number of hydrogen-bond acceptors (Lipinski definition) is 2. The van der Waals surface area contributed by atoms with E-state index in [-0.39, 0.29) is 11.9 Å². The highest BCUT2D eigenvalue weighted by molar-refractivity contribution is 5.35. The van der Waals surface area contributed by atoms with Crippen molar-refractivity contribution in [2.75, 3.05) is 6.54 Å². The molecular weight excluding hydrogens is 203 g/mol. The predicted molar refractivity (Wildman–Crippen MR) is 62.4 cm³/mol. The van der Waals surface area contributed by atoms with E-state index in [1.807, 2.05) is 19.9 Å². The lowest BCUT2D eigenvalue weighted by Crippen LogP contribution is -2.13. The van der Waals surface area contributed by atoms with Gasteiger partial charge in [0.05, 0.1) is 11.6 Å². The fourth-order valence-corrected chi connectivity index (χ4v) is 1.85. The van der Waals surface area contributed by atoms with Crippen LogP contribution in [0.25, 0.3) is 0 Å². The second-order valence-corrected chi connectivity index (χ2v) is 3.53. The molecule has 0 saturated carbocycles. The second-order valence-electron chi connectivity index (χ2n) is 3.53. The van der Waals surface area contributed by atoms with E-state index in [2.05, 4.69) is 5.32 Å². The average Bonchev–Trinajstić information content (AvgIpc) is 2.84. The van der Waals surface area contributed by atoms with Crippen molar-refractivity contribution in [1.82, 2.24) is 5.32 Å². The van der Waals surface area contributed by atoms with Crippen LogP contribution in [0, 0.1) is 17.1 Å². The molecule has 1 aromatic carbocycles. The van der Waals surface area contributed by atoms with Crippen LogP contribution >= 0.6 is 0 Å². The minimum absolute atomic E-state index is 0.220. The third-order valence-corrected chi connectivity index (χ3v) is 2.51. The van der Waals surface area contributed by atoms with Crippen molar-refractivity contribution in [3.8, 4) is 6.07 Å². The van der Waals surface area contributed by atoms with Crippen molar-refractivity contribution < 1.29 is 4.39 Å². The third kappa shape index (κ3) is 3.04. The Labute approximate surface area is 96.1 Å². The van der Waals surface area contributed by atoms with E-state index in [1.165, 1.54) is 12.1 Å². The molecule has 16 heavy (non-hydrogen) atoms. The van der Waals surface area contributed by atoms with Gasteiger partial charge >= 0.3 is 0 Å². The van der Waals surface area contributed by atoms with Gasteiger partial charge in [-0.1, -0.05) is 13.8 Å². The van der Waals surface area contributed by atoms with Crippen molar-refractivity contribution in [2.24, 2.45) is 0 Å². The molecule has 1 aliphatic rings. The summed E-state index contributed by atoms with van der Waals surface area (Å²) in [4.78, 5) is 0. The average molecular weight is 220 g/mol. The maximum absolute atomic E-state index is 13.1. The van der Waals surface area contributed by atoms with Gasteiger partial charge in [0.25, 0.3) is 0 Å². The van der Waals surface area contributed by atoms with Gasteiger partial charge in [-0.2, -0.15) is 5.26 Å². The molecule has 0 bridgehead atoms. The van der Waals surface area contributed by atoms with E-state index in [0.29, 0.717) is 5.56 Å². The van der Waals surface area contributed by atoms with E-state index in [9.17, 15) is 4.39 Å². The molecule has 1 aliphatic heterocycles. The van der Waals surface area contributed by atoms with Gasteiger partial charge in [0.1, 0.15) is 5.82 Å². The lowest BCUT2D eigenvalue weighted by molar-refractivity contribution is 0.606. The van der Waals surface area contributed by atoms with Crippen molar-refractivity contribution in [1.29, 1.82) is 5.26 Å². The summed E-state index contributed by atoms with van der Waals surface area (Å²) in [6.07, 6.45) is 2.14. The lowest BCUT2D eigenvalue weighted by Gasteiger charge is -2.10. The Bertz CT molecular complexity index is 376. The van der Waals surface area contributed by atoms with Crippen LogP contribution < -0.4 is 5.32 Å². The minimum atomic E-state index is -0.326. The molecule has 0 amide bonds. The molecule has 1 atom stereocenters. The van der Waals surface area contributed by atoms with Gasteiger partial charge in [0.15, 0.2) is 0 Å². The molecule has 0 aromatic heterocycles. The zero-order chi connectivity index (χ0) is 12.0. The molecule has 1 unspecified atom stereocenters. The zero-order valence-corrected chi connectivity index (χ0v) is 9.76. The van der Waals surface area contributed by atoms with Gasteiger partial charge in [-0.15, -0.1) is 0 Å². The fraction of sp³-hybridized carbons (Fsp3) is 0.462. The third-order valence-electron chi connectivity index (χ3n) is 2.51. The number of halogens is 1. The SMILES string of the molecule is CC.N#Cc1cc(F)cc(C2CCCN2)c1.